The Labute approximate surface area is 180 Å². The zero-order valence-electron chi connectivity index (χ0n) is 15.8. The van der Waals surface area contributed by atoms with E-state index >= 15 is 0 Å². The second-order valence-corrected chi connectivity index (χ2v) is 7.75. The number of alkyl halides is 1. The van der Waals surface area contributed by atoms with Crippen LogP contribution in [0.15, 0.2) is 18.5 Å². The van der Waals surface area contributed by atoms with Crippen LogP contribution in [0.1, 0.15) is 5.82 Å². The maximum atomic E-state index is 13.4. The highest BCUT2D eigenvalue weighted by molar-refractivity contribution is 6.42. The number of hydrogen-bond acceptors (Lipinski definition) is 7. The Balaban J connectivity index is 1.47. The van der Waals surface area contributed by atoms with Crippen molar-refractivity contribution in [3.63, 3.8) is 0 Å². The Kier molecular flexibility index (Phi) is 5.05. The summed E-state index contributed by atoms with van der Waals surface area (Å²) >= 11 is 12.2. The van der Waals surface area contributed by atoms with Gasteiger partial charge in [0.05, 0.1) is 34.0 Å². The first-order chi connectivity index (χ1) is 14.6. The van der Waals surface area contributed by atoms with Gasteiger partial charge in [0.1, 0.15) is 5.82 Å². The number of benzene rings is 1. The average molecular weight is 450 g/mol. The SMILES string of the molecule is FCn1cnc2c(NCc3nc4cc(Cl)c(Cl)cc4[nH]3)nc(N3CCNCC3)nc21. The molecule has 5 rings (SSSR count). The van der Waals surface area contributed by atoms with Gasteiger partial charge in [-0.05, 0) is 12.1 Å². The molecule has 0 bridgehead atoms. The number of hydrogen-bond donors (Lipinski definition) is 3. The molecular weight excluding hydrogens is 432 g/mol. The first kappa shape index (κ1) is 19.3. The Morgan fingerprint density at radius 2 is 1.90 bits per heavy atom. The van der Waals surface area contributed by atoms with Gasteiger partial charge in [-0.1, -0.05) is 23.2 Å². The molecule has 0 radical (unpaired) electrons. The first-order valence-electron chi connectivity index (χ1n) is 9.44. The molecule has 1 aliphatic heterocycles. The Bertz CT molecular complexity index is 1180. The number of nitrogens with one attached hydrogen (secondary N) is 3. The molecule has 4 aromatic rings. The van der Waals surface area contributed by atoms with Crippen LogP contribution in [0, 0.1) is 0 Å². The number of aromatic amines is 1. The molecule has 0 unspecified atom stereocenters. The summed E-state index contributed by atoms with van der Waals surface area (Å²) < 4.78 is 14.8. The van der Waals surface area contributed by atoms with E-state index in [4.69, 9.17) is 23.2 Å². The van der Waals surface area contributed by atoms with E-state index in [0.29, 0.717) is 45.3 Å². The molecule has 0 spiro atoms. The number of piperazine rings is 1. The molecule has 0 amide bonds. The molecule has 0 aliphatic carbocycles. The monoisotopic (exact) mass is 449 g/mol. The van der Waals surface area contributed by atoms with Crippen LogP contribution in [-0.4, -0.2) is 55.7 Å². The van der Waals surface area contributed by atoms with Crippen molar-refractivity contribution < 1.29 is 4.39 Å². The normalized spacial score (nSPS) is 14.7. The Hall–Kier alpha value is -2.69. The molecular formula is C18H18Cl2FN9. The number of imidazole rings is 2. The van der Waals surface area contributed by atoms with E-state index in [1.807, 2.05) is 0 Å². The van der Waals surface area contributed by atoms with Crippen molar-refractivity contribution in [3.8, 4) is 0 Å². The van der Waals surface area contributed by atoms with Gasteiger partial charge in [0.2, 0.25) is 5.95 Å². The van der Waals surface area contributed by atoms with Crippen LogP contribution in [0.3, 0.4) is 0 Å². The largest absolute Gasteiger partial charge is 0.361 e. The summed E-state index contributed by atoms with van der Waals surface area (Å²) in [4.78, 5) is 23.3. The fourth-order valence-corrected chi connectivity index (χ4v) is 3.78. The predicted octanol–water partition coefficient (Wildman–Crippen LogP) is 2.96. The molecule has 1 aliphatic rings. The molecule has 1 saturated heterocycles. The lowest BCUT2D eigenvalue weighted by Crippen LogP contribution is -2.44. The molecule has 1 aromatic carbocycles. The van der Waals surface area contributed by atoms with E-state index in [0.717, 1.165) is 37.2 Å². The Morgan fingerprint density at radius 3 is 2.70 bits per heavy atom. The first-order valence-corrected chi connectivity index (χ1v) is 10.2. The minimum absolute atomic E-state index is 0.361. The van der Waals surface area contributed by atoms with E-state index in [1.165, 1.54) is 10.9 Å². The van der Waals surface area contributed by atoms with Gasteiger partial charge in [-0.2, -0.15) is 9.97 Å². The molecule has 3 N–H and O–H groups in total. The standard InChI is InChI=1S/C18H18Cl2FN9/c19-10-5-12-13(6-11(10)20)26-14(25-12)7-23-16-15-17(30(8-21)9-24-15)28-18(27-16)29-3-1-22-2-4-29/h5-6,9,22H,1-4,7-8H2,(H,25,26)(H,23,27,28). The topological polar surface area (TPSA) is 99.6 Å². The molecule has 0 saturated carbocycles. The molecule has 9 nitrogen and oxygen atoms in total. The average Bonchev–Trinajstić information content (AvgIpc) is 3.36. The third-order valence-electron chi connectivity index (χ3n) is 4.98. The highest BCUT2D eigenvalue weighted by Gasteiger charge is 2.19. The van der Waals surface area contributed by atoms with Crippen molar-refractivity contribution in [3.05, 3.63) is 34.3 Å². The van der Waals surface area contributed by atoms with Crippen molar-refractivity contribution in [2.75, 3.05) is 36.4 Å². The van der Waals surface area contributed by atoms with Crippen LogP contribution in [0.4, 0.5) is 16.2 Å². The van der Waals surface area contributed by atoms with E-state index in [-0.39, 0.29) is 0 Å². The summed E-state index contributed by atoms with van der Waals surface area (Å²) in [6.07, 6.45) is 1.43. The third-order valence-corrected chi connectivity index (χ3v) is 5.70. The van der Waals surface area contributed by atoms with Crippen LogP contribution in [0.25, 0.3) is 22.2 Å². The number of nitrogens with zero attached hydrogens (tertiary/aromatic N) is 6. The quantitative estimate of drug-likeness (QED) is 0.430. The molecule has 12 heteroatoms. The number of rotatable bonds is 5. The summed E-state index contributed by atoms with van der Waals surface area (Å²) in [5.74, 6) is 1.76. The zero-order chi connectivity index (χ0) is 20.7. The minimum Gasteiger partial charge on any atom is -0.361 e. The molecule has 156 valence electrons. The lowest BCUT2D eigenvalue weighted by Gasteiger charge is -2.27. The minimum atomic E-state index is -0.709. The maximum absolute atomic E-state index is 13.4. The molecule has 30 heavy (non-hydrogen) atoms. The second kappa shape index (κ2) is 7.86. The fraction of sp³-hybridized carbons (Fsp3) is 0.333. The van der Waals surface area contributed by atoms with E-state index < -0.39 is 6.80 Å². The van der Waals surface area contributed by atoms with Gasteiger partial charge in [-0.15, -0.1) is 0 Å². The summed E-state index contributed by atoms with van der Waals surface area (Å²) in [5.41, 5.74) is 2.47. The van der Waals surface area contributed by atoms with Crippen molar-refractivity contribution in [1.82, 2.24) is 34.8 Å². The molecule has 1 fully saturated rings. The Morgan fingerprint density at radius 1 is 1.10 bits per heavy atom. The molecule has 3 aromatic heterocycles. The van der Waals surface area contributed by atoms with Crippen molar-refractivity contribution in [1.29, 1.82) is 0 Å². The number of H-pyrrole nitrogens is 1. The zero-order valence-corrected chi connectivity index (χ0v) is 17.3. The second-order valence-electron chi connectivity index (χ2n) is 6.94. The fourth-order valence-electron chi connectivity index (χ4n) is 3.46. The molecule has 4 heterocycles. The van der Waals surface area contributed by atoms with Crippen LogP contribution in [0.2, 0.25) is 10.0 Å². The van der Waals surface area contributed by atoms with E-state index in [9.17, 15) is 4.39 Å². The summed E-state index contributed by atoms with van der Waals surface area (Å²) in [6, 6.07) is 3.46. The summed E-state index contributed by atoms with van der Waals surface area (Å²) in [5, 5.41) is 7.47. The van der Waals surface area contributed by atoms with Crippen LogP contribution in [-0.2, 0) is 13.3 Å². The van der Waals surface area contributed by atoms with Gasteiger partial charge in [-0.25, -0.2) is 14.4 Å². The van der Waals surface area contributed by atoms with Gasteiger partial charge in [-0.3, -0.25) is 4.57 Å². The number of halogens is 3. The van der Waals surface area contributed by atoms with Crippen molar-refractivity contribution >= 4 is 57.2 Å². The van der Waals surface area contributed by atoms with Crippen molar-refractivity contribution in [2.24, 2.45) is 0 Å². The smallest absolute Gasteiger partial charge is 0.229 e. The van der Waals surface area contributed by atoms with Gasteiger partial charge in [0.15, 0.2) is 23.8 Å². The third kappa shape index (κ3) is 3.51. The number of anilines is 2. The van der Waals surface area contributed by atoms with Gasteiger partial charge >= 0.3 is 0 Å². The van der Waals surface area contributed by atoms with Crippen LogP contribution >= 0.6 is 23.2 Å². The predicted molar refractivity (Wildman–Crippen MR) is 115 cm³/mol. The van der Waals surface area contributed by atoms with E-state index in [2.05, 4.69) is 40.5 Å². The van der Waals surface area contributed by atoms with E-state index in [1.54, 1.807) is 12.1 Å². The number of fused-ring (bicyclic) bond motifs is 2. The summed E-state index contributed by atoms with van der Waals surface area (Å²) in [6.45, 7) is 2.89. The number of aromatic nitrogens is 6. The van der Waals surface area contributed by atoms with Gasteiger partial charge < -0.3 is 20.5 Å². The highest BCUT2D eigenvalue weighted by Crippen LogP contribution is 2.27. The summed E-state index contributed by atoms with van der Waals surface area (Å²) in [7, 11) is 0. The van der Waals surface area contributed by atoms with Crippen molar-refractivity contribution in [2.45, 2.75) is 13.3 Å². The highest BCUT2D eigenvalue weighted by atomic mass is 35.5. The lowest BCUT2D eigenvalue weighted by atomic mass is 10.3. The van der Waals surface area contributed by atoms with Gasteiger partial charge in [0.25, 0.3) is 0 Å². The van der Waals surface area contributed by atoms with Crippen LogP contribution < -0.4 is 15.5 Å². The van der Waals surface area contributed by atoms with Crippen LogP contribution in [0.5, 0.6) is 0 Å². The van der Waals surface area contributed by atoms with Gasteiger partial charge in [0, 0.05) is 26.2 Å². The maximum Gasteiger partial charge on any atom is 0.229 e. The molecule has 0 atom stereocenters. The lowest BCUT2D eigenvalue weighted by molar-refractivity contribution is 0.383.